The van der Waals surface area contributed by atoms with Crippen LogP contribution in [0.1, 0.15) is 31.9 Å². The number of nitrogens with zero attached hydrogens (tertiary/aromatic N) is 2. The number of hydrogen-bond donors (Lipinski definition) is 1. The first-order valence-electron chi connectivity index (χ1n) is 7.38. The van der Waals surface area contributed by atoms with Gasteiger partial charge in [0.15, 0.2) is 0 Å². The van der Waals surface area contributed by atoms with Gasteiger partial charge in [-0.2, -0.15) is 0 Å². The summed E-state index contributed by atoms with van der Waals surface area (Å²) < 4.78 is 5.47. The molecule has 5 heteroatoms. The van der Waals surface area contributed by atoms with E-state index in [2.05, 4.69) is 17.1 Å². The Hall–Kier alpha value is -0.840. The minimum absolute atomic E-state index is 0.308. The SMILES string of the molecule is CCCNCc1nc(N2CCCC(OC)C2)ccc1Cl. The van der Waals surface area contributed by atoms with Gasteiger partial charge in [0, 0.05) is 26.7 Å². The second-order valence-corrected chi connectivity index (χ2v) is 5.63. The van der Waals surface area contributed by atoms with E-state index in [1.807, 2.05) is 12.1 Å². The van der Waals surface area contributed by atoms with Crippen LogP contribution in [0.5, 0.6) is 0 Å². The molecule has 4 nitrogen and oxygen atoms in total. The molecule has 1 aliphatic heterocycles. The highest BCUT2D eigenvalue weighted by Crippen LogP contribution is 2.23. The van der Waals surface area contributed by atoms with E-state index >= 15 is 0 Å². The summed E-state index contributed by atoms with van der Waals surface area (Å²) in [6, 6.07) is 3.95. The second-order valence-electron chi connectivity index (χ2n) is 5.22. The zero-order valence-corrected chi connectivity index (χ0v) is 13.1. The van der Waals surface area contributed by atoms with Crippen LogP contribution in [0.15, 0.2) is 12.1 Å². The van der Waals surface area contributed by atoms with Crippen LogP contribution >= 0.6 is 11.6 Å². The van der Waals surface area contributed by atoms with Crippen molar-refractivity contribution in [3.63, 3.8) is 0 Å². The van der Waals surface area contributed by atoms with Crippen LogP contribution in [-0.2, 0) is 11.3 Å². The highest BCUT2D eigenvalue weighted by molar-refractivity contribution is 6.31. The maximum Gasteiger partial charge on any atom is 0.129 e. The standard InChI is InChI=1S/C15H24ClN3O/c1-3-8-17-10-14-13(16)6-7-15(18-14)19-9-4-5-12(11-19)20-2/h6-7,12,17H,3-5,8-11H2,1-2H3. The van der Waals surface area contributed by atoms with E-state index in [0.717, 1.165) is 62.0 Å². The topological polar surface area (TPSA) is 37.4 Å². The third-order valence-electron chi connectivity index (χ3n) is 3.66. The molecule has 0 spiro atoms. The summed E-state index contributed by atoms with van der Waals surface area (Å²) in [6.07, 6.45) is 3.69. The fourth-order valence-corrected chi connectivity index (χ4v) is 2.67. The van der Waals surface area contributed by atoms with Crippen LogP contribution in [0, 0.1) is 0 Å². The average molecular weight is 298 g/mol. The lowest BCUT2D eigenvalue weighted by molar-refractivity contribution is 0.0891. The molecule has 0 aliphatic carbocycles. The van der Waals surface area contributed by atoms with E-state index in [4.69, 9.17) is 21.3 Å². The number of anilines is 1. The fourth-order valence-electron chi connectivity index (χ4n) is 2.50. The molecular weight excluding hydrogens is 274 g/mol. The van der Waals surface area contributed by atoms with Gasteiger partial charge in [-0.25, -0.2) is 4.98 Å². The Morgan fingerprint density at radius 2 is 2.35 bits per heavy atom. The van der Waals surface area contributed by atoms with E-state index < -0.39 is 0 Å². The summed E-state index contributed by atoms with van der Waals surface area (Å²) >= 11 is 6.22. The lowest BCUT2D eigenvalue weighted by Crippen LogP contribution is -2.39. The number of methoxy groups -OCH3 is 1. The minimum atomic E-state index is 0.308. The molecule has 0 amide bonds. The van der Waals surface area contributed by atoms with Crippen LogP contribution < -0.4 is 10.2 Å². The quantitative estimate of drug-likeness (QED) is 0.819. The minimum Gasteiger partial charge on any atom is -0.380 e. The van der Waals surface area contributed by atoms with Gasteiger partial charge in [0.25, 0.3) is 0 Å². The van der Waals surface area contributed by atoms with Crippen molar-refractivity contribution in [1.82, 2.24) is 10.3 Å². The van der Waals surface area contributed by atoms with Crippen molar-refractivity contribution in [2.24, 2.45) is 0 Å². The van der Waals surface area contributed by atoms with E-state index in [1.54, 1.807) is 7.11 Å². The first-order valence-corrected chi connectivity index (χ1v) is 7.76. The molecule has 1 aromatic heterocycles. The summed E-state index contributed by atoms with van der Waals surface area (Å²) in [5, 5.41) is 4.09. The predicted octanol–water partition coefficient (Wildman–Crippen LogP) is 2.85. The molecule has 0 bridgehead atoms. The van der Waals surface area contributed by atoms with Gasteiger partial charge in [-0.15, -0.1) is 0 Å². The average Bonchev–Trinajstić information content (AvgIpc) is 2.49. The van der Waals surface area contributed by atoms with E-state index in [0.29, 0.717) is 6.10 Å². The number of hydrogen-bond acceptors (Lipinski definition) is 4. The fraction of sp³-hybridized carbons (Fsp3) is 0.667. The van der Waals surface area contributed by atoms with Crippen molar-refractivity contribution >= 4 is 17.4 Å². The van der Waals surface area contributed by atoms with Crippen molar-refractivity contribution < 1.29 is 4.74 Å². The van der Waals surface area contributed by atoms with Crippen LogP contribution in [0.4, 0.5) is 5.82 Å². The maximum absolute atomic E-state index is 6.22. The number of halogens is 1. The third kappa shape index (κ3) is 4.08. The Morgan fingerprint density at radius 3 is 3.10 bits per heavy atom. The van der Waals surface area contributed by atoms with E-state index in [1.165, 1.54) is 0 Å². The van der Waals surface area contributed by atoms with E-state index in [-0.39, 0.29) is 0 Å². The Labute approximate surface area is 126 Å². The Kier molecular flexibility index (Phi) is 6.07. The molecule has 112 valence electrons. The van der Waals surface area contributed by atoms with Gasteiger partial charge in [-0.05, 0) is 37.9 Å². The van der Waals surface area contributed by atoms with Crippen molar-refractivity contribution in [2.75, 3.05) is 31.6 Å². The molecule has 1 aromatic rings. The Balaban J connectivity index is 2.05. The summed E-state index contributed by atoms with van der Waals surface area (Å²) in [6.45, 7) is 5.81. The summed E-state index contributed by atoms with van der Waals surface area (Å²) in [7, 11) is 1.78. The molecule has 1 fully saturated rings. The van der Waals surface area contributed by atoms with Gasteiger partial charge in [0.2, 0.25) is 0 Å². The highest BCUT2D eigenvalue weighted by atomic mass is 35.5. The molecule has 1 N–H and O–H groups in total. The molecular formula is C15H24ClN3O. The molecule has 0 radical (unpaired) electrons. The van der Waals surface area contributed by atoms with Crippen LogP contribution in [-0.4, -0.2) is 37.8 Å². The number of ether oxygens (including phenoxy) is 1. The maximum atomic E-state index is 6.22. The lowest BCUT2D eigenvalue weighted by Gasteiger charge is -2.33. The van der Waals surface area contributed by atoms with Crippen molar-refractivity contribution in [1.29, 1.82) is 0 Å². The summed E-state index contributed by atoms with van der Waals surface area (Å²) in [5.41, 5.74) is 0.928. The van der Waals surface area contributed by atoms with E-state index in [9.17, 15) is 0 Å². The van der Waals surface area contributed by atoms with Gasteiger partial charge in [-0.1, -0.05) is 18.5 Å². The highest BCUT2D eigenvalue weighted by Gasteiger charge is 2.20. The zero-order chi connectivity index (χ0) is 14.4. The smallest absolute Gasteiger partial charge is 0.129 e. The zero-order valence-electron chi connectivity index (χ0n) is 12.4. The van der Waals surface area contributed by atoms with Crippen LogP contribution in [0.25, 0.3) is 0 Å². The number of aromatic nitrogens is 1. The normalized spacial score (nSPS) is 19.4. The van der Waals surface area contributed by atoms with Gasteiger partial charge in [0.05, 0.1) is 16.8 Å². The lowest BCUT2D eigenvalue weighted by atomic mass is 10.1. The monoisotopic (exact) mass is 297 g/mol. The summed E-state index contributed by atoms with van der Waals surface area (Å²) in [5.74, 6) is 1.00. The molecule has 1 atom stereocenters. The van der Waals surface area contributed by atoms with Crippen LogP contribution in [0.2, 0.25) is 5.02 Å². The molecule has 2 rings (SSSR count). The Morgan fingerprint density at radius 1 is 1.50 bits per heavy atom. The number of nitrogens with one attached hydrogen (secondary N) is 1. The second kappa shape index (κ2) is 7.81. The first-order chi connectivity index (χ1) is 9.74. The number of rotatable bonds is 6. The summed E-state index contributed by atoms with van der Waals surface area (Å²) in [4.78, 5) is 7.00. The predicted molar refractivity (Wildman–Crippen MR) is 83.5 cm³/mol. The molecule has 1 saturated heterocycles. The molecule has 20 heavy (non-hydrogen) atoms. The largest absolute Gasteiger partial charge is 0.380 e. The number of pyridine rings is 1. The van der Waals surface area contributed by atoms with Crippen LogP contribution in [0.3, 0.4) is 0 Å². The van der Waals surface area contributed by atoms with Gasteiger partial charge < -0.3 is 15.0 Å². The van der Waals surface area contributed by atoms with Crippen molar-refractivity contribution in [3.05, 3.63) is 22.8 Å². The first kappa shape index (κ1) is 15.5. The molecule has 1 aliphatic rings. The van der Waals surface area contributed by atoms with Gasteiger partial charge in [0.1, 0.15) is 5.82 Å². The molecule has 1 unspecified atom stereocenters. The molecule has 0 aromatic carbocycles. The molecule has 2 heterocycles. The third-order valence-corrected chi connectivity index (χ3v) is 4.00. The van der Waals surface area contributed by atoms with Gasteiger partial charge in [-0.3, -0.25) is 0 Å². The van der Waals surface area contributed by atoms with Crippen molar-refractivity contribution in [3.8, 4) is 0 Å². The Bertz CT molecular complexity index is 428. The molecule has 0 saturated carbocycles. The van der Waals surface area contributed by atoms with Crippen molar-refractivity contribution in [2.45, 2.75) is 38.8 Å². The number of piperidine rings is 1. The van der Waals surface area contributed by atoms with Gasteiger partial charge >= 0.3 is 0 Å².